The van der Waals surface area contributed by atoms with E-state index in [9.17, 15) is 13.6 Å². The molecular formula is C21H18F2N8O. The minimum Gasteiger partial charge on any atom is -0.348 e. The highest BCUT2D eigenvalue weighted by Crippen LogP contribution is 2.36. The Morgan fingerprint density at radius 3 is 2.88 bits per heavy atom. The van der Waals surface area contributed by atoms with Gasteiger partial charge in [0.05, 0.1) is 36.2 Å². The fourth-order valence-electron chi connectivity index (χ4n) is 4.10. The number of pyridine rings is 1. The van der Waals surface area contributed by atoms with Crippen molar-refractivity contribution in [2.24, 2.45) is 0 Å². The predicted octanol–water partition coefficient (Wildman–Crippen LogP) is 1.98. The summed E-state index contributed by atoms with van der Waals surface area (Å²) in [6.07, 6.45) is 6.26. The molecule has 1 amide bonds. The number of carbonyl (C=O) groups is 1. The molecule has 11 heteroatoms. The Morgan fingerprint density at radius 2 is 2.12 bits per heavy atom. The molecule has 0 radical (unpaired) electrons. The maximum atomic E-state index is 14.3. The van der Waals surface area contributed by atoms with E-state index in [1.54, 1.807) is 24.7 Å². The highest BCUT2D eigenvalue weighted by atomic mass is 19.1. The number of amides is 1. The molecule has 0 spiro atoms. The van der Waals surface area contributed by atoms with Crippen molar-refractivity contribution in [2.45, 2.75) is 31.1 Å². The van der Waals surface area contributed by atoms with Crippen LogP contribution in [0, 0.1) is 5.82 Å². The van der Waals surface area contributed by atoms with Crippen molar-refractivity contribution in [3.63, 3.8) is 0 Å². The average molecular weight is 436 g/mol. The Kier molecular flexibility index (Phi) is 4.17. The summed E-state index contributed by atoms with van der Waals surface area (Å²) >= 11 is 0. The number of anilines is 1. The Labute approximate surface area is 180 Å². The lowest BCUT2D eigenvalue weighted by atomic mass is 10.00. The number of hydrogen-bond acceptors (Lipinski definition) is 6. The van der Waals surface area contributed by atoms with Gasteiger partial charge in [0.15, 0.2) is 0 Å². The first-order valence-electron chi connectivity index (χ1n) is 10.3. The van der Waals surface area contributed by atoms with E-state index in [0.717, 1.165) is 11.4 Å². The van der Waals surface area contributed by atoms with Gasteiger partial charge in [-0.15, -0.1) is 0 Å². The lowest BCUT2D eigenvalue weighted by Gasteiger charge is -2.34. The number of aromatic amines is 1. The molecule has 162 valence electrons. The van der Waals surface area contributed by atoms with E-state index in [4.69, 9.17) is 0 Å². The summed E-state index contributed by atoms with van der Waals surface area (Å²) in [6, 6.07) is 3.84. The van der Waals surface area contributed by atoms with Gasteiger partial charge >= 0.3 is 0 Å². The van der Waals surface area contributed by atoms with Gasteiger partial charge in [-0.1, -0.05) is 0 Å². The molecule has 9 nitrogen and oxygen atoms in total. The summed E-state index contributed by atoms with van der Waals surface area (Å²) in [5.41, 5.74) is 2.88. The Hall–Kier alpha value is -3.89. The zero-order chi connectivity index (χ0) is 21.8. The number of hydrogen-bond donors (Lipinski definition) is 2. The van der Waals surface area contributed by atoms with Crippen LogP contribution in [0.2, 0.25) is 0 Å². The third kappa shape index (κ3) is 3.08. The number of H-pyrrole nitrogens is 1. The summed E-state index contributed by atoms with van der Waals surface area (Å²) in [5.74, 6) is -0.278. The van der Waals surface area contributed by atoms with Crippen molar-refractivity contribution in [1.29, 1.82) is 0 Å². The topological polar surface area (TPSA) is 104 Å². The minimum absolute atomic E-state index is 0.122. The molecule has 0 unspecified atom stereocenters. The predicted molar refractivity (Wildman–Crippen MR) is 109 cm³/mol. The summed E-state index contributed by atoms with van der Waals surface area (Å²) in [6.45, 7) is 0.599. The highest BCUT2D eigenvalue weighted by molar-refractivity contribution is 5.92. The number of carbonyl (C=O) groups excluding carboxylic acids is 1. The van der Waals surface area contributed by atoms with E-state index in [1.807, 2.05) is 4.90 Å². The molecule has 5 heterocycles. The number of imidazole rings is 1. The fourth-order valence-corrected chi connectivity index (χ4v) is 4.10. The highest BCUT2D eigenvalue weighted by Gasteiger charge is 2.39. The van der Waals surface area contributed by atoms with E-state index >= 15 is 0 Å². The normalized spacial score (nSPS) is 22.1. The number of fused-ring (bicyclic) bond motifs is 2. The molecule has 6 rings (SSSR count). The van der Waals surface area contributed by atoms with Crippen molar-refractivity contribution < 1.29 is 13.6 Å². The second kappa shape index (κ2) is 7.08. The molecule has 1 saturated carbocycles. The van der Waals surface area contributed by atoms with Gasteiger partial charge in [-0.3, -0.25) is 4.79 Å². The van der Waals surface area contributed by atoms with Crippen LogP contribution in [0.25, 0.3) is 5.52 Å². The lowest BCUT2D eigenvalue weighted by molar-refractivity contribution is 0.0942. The van der Waals surface area contributed by atoms with Crippen LogP contribution < -0.4 is 10.2 Å². The van der Waals surface area contributed by atoms with Crippen LogP contribution in [0.4, 0.5) is 14.6 Å². The first-order valence-corrected chi connectivity index (χ1v) is 10.3. The van der Waals surface area contributed by atoms with Gasteiger partial charge in [0.1, 0.15) is 35.1 Å². The molecule has 0 aromatic carbocycles. The number of rotatable bonds is 4. The molecule has 0 saturated heterocycles. The second-order valence-electron chi connectivity index (χ2n) is 7.96. The lowest BCUT2D eigenvalue weighted by Crippen LogP contribution is -2.37. The number of nitrogens with zero attached hydrogens (tertiary/aromatic N) is 6. The summed E-state index contributed by atoms with van der Waals surface area (Å²) in [5, 5.41) is 7.17. The first kappa shape index (κ1) is 18.8. The Balaban J connectivity index is 1.35. The van der Waals surface area contributed by atoms with Crippen LogP contribution in [0.1, 0.15) is 40.0 Å². The van der Waals surface area contributed by atoms with Gasteiger partial charge in [-0.2, -0.15) is 5.10 Å². The van der Waals surface area contributed by atoms with E-state index in [1.165, 1.54) is 23.0 Å². The number of halogens is 2. The van der Waals surface area contributed by atoms with Gasteiger partial charge in [0.25, 0.3) is 5.91 Å². The molecule has 1 aliphatic carbocycles. The van der Waals surface area contributed by atoms with Crippen LogP contribution in [0.3, 0.4) is 0 Å². The van der Waals surface area contributed by atoms with Crippen LogP contribution in [0.5, 0.6) is 0 Å². The molecule has 1 aliphatic heterocycles. The molecule has 0 bridgehead atoms. The maximum absolute atomic E-state index is 14.3. The smallest absolute Gasteiger partial charge is 0.271 e. The van der Waals surface area contributed by atoms with Crippen molar-refractivity contribution in [1.82, 2.24) is 34.9 Å². The summed E-state index contributed by atoms with van der Waals surface area (Å²) in [7, 11) is 0. The minimum atomic E-state index is -0.987. The molecule has 4 aromatic heterocycles. The molecule has 2 aliphatic rings. The molecule has 3 atom stereocenters. The van der Waals surface area contributed by atoms with Gasteiger partial charge in [-0.05, 0) is 18.2 Å². The molecule has 4 aromatic rings. The Morgan fingerprint density at radius 1 is 1.25 bits per heavy atom. The van der Waals surface area contributed by atoms with Crippen LogP contribution >= 0.6 is 0 Å². The van der Waals surface area contributed by atoms with Crippen molar-refractivity contribution in [3.05, 3.63) is 71.7 Å². The maximum Gasteiger partial charge on any atom is 0.271 e. The zero-order valence-corrected chi connectivity index (χ0v) is 16.7. The van der Waals surface area contributed by atoms with Crippen molar-refractivity contribution in [2.75, 3.05) is 11.4 Å². The molecule has 32 heavy (non-hydrogen) atoms. The van der Waals surface area contributed by atoms with Crippen molar-refractivity contribution >= 4 is 17.2 Å². The van der Waals surface area contributed by atoms with E-state index in [2.05, 4.69) is 30.4 Å². The quantitative estimate of drug-likeness (QED) is 0.507. The van der Waals surface area contributed by atoms with E-state index < -0.39 is 24.2 Å². The third-order valence-electron chi connectivity index (χ3n) is 5.87. The molecular weight excluding hydrogens is 418 g/mol. The SMILES string of the molecule is O=C(N[C@@H]1C[C@@H]1F)c1cnc(N2CCc3[nH]cnc3[C@H]2c2cc3c(F)cccn3n2)cn1. The first-order chi connectivity index (χ1) is 15.6. The number of alkyl halides is 1. The van der Waals surface area contributed by atoms with Crippen LogP contribution in [-0.2, 0) is 6.42 Å². The monoisotopic (exact) mass is 436 g/mol. The van der Waals surface area contributed by atoms with Crippen molar-refractivity contribution in [3.8, 4) is 0 Å². The van der Waals surface area contributed by atoms with Gasteiger partial charge < -0.3 is 15.2 Å². The van der Waals surface area contributed by atoms with E-state index in [0.29, 0.717) is 36.4 Å². The van der Waals surface area contributed by atoms with Crippen LogP contribution in [0.15, 0.2) is 43.1 Å². The van der Waals surface area contributed by atoms with Crippen LogP contribution in [-0.4, -0.2) is 54.2 Å². The molecule has 1 fully saturated rings. The number of nitrogens with one attached hydrogen (secondary N) is 2. The van der Waals surface area contributed by atoms with Gasteiger partial charge in [0, 0.05) is 31.3 Å². The Bertz CT molecular complexity index is 1320. The average Bonchev–Trinajstić information content (AvgIpc) is 3.20. The number of aromatic nitrogens is 6. The summed E-state index contributed by atoms with van der Waals surface area (Å²) in [4.78, 5) is 30.5. The van der Waals surface area contributed by atoms with Gasteiger partial charge in [0.2, 0.25) is 0 Å². The molecule has 2 N–H and O–H groups in total. The second-order valence-corrected chi connectivity index (χ2v) is 7.96. The fraction of sp³-hybridized carbons (Fsp3) is 0.286. The standard InChI is InChI=1S/C21H18F2N8O/c22-11-2-1-4-31-17(11)7-15(29-31)20-19-13(26-10-27-19)3-5-30(20)18-9-24-16(8-25-18)21(32)28-14-6-12(14)23/h1-2,4,7-10,12,14,20H,3,5-6H2,(H,26,27)(H,28,32)/t12-,14+,20+/m0/s1. The van der Waals surface area contributed by atoms with E-state index in [-0.39, 0.29) is 11.5 Å². The third-order valence-corrected chi connectivity index (χ3v) is 5.87. The largest absolute Gasteiger partial charge is 0.348 e. The zero-order valence-electron chi connectivity index (χ0n) is 16.7. The van der Waals surface area contributed by atoms with Gasteiger partial charge in [-0.25, -0.2) is 28.2 Å². The summed E-state index contributed by atoms with van der Waals surface area (Å²) < 4.78 is 28.8.